The lowest BCUT2D eigenvalue weighted by atomic mass is 10.0. The quantitative estimate of drug-likeness (QED) is 0.580. The van der Waals surface area contributed by atoms with E-state index in [2.05, 4.69) is 49.3 Å². The smallest absolute Gasteiger partial charge is 0.00248 e. The molecule has 0 amide bonds. The zero-order chi connectivity index (χ0) is 12.3. The first kappa shape index (κ1) is 14.2. The third-order valence-electron chi connectivity index (χ3n) is 3.16. The molecule has 1 heteroatoms. The summed E-state index contributed by atoms with van der Waals surface area (Å²) in [4.78, 5) is 2.27. The van der Waals surface area contributed by atoms with E-state index in [9.17, 15) is 0 Å². The Hall–Kier alpha value is -0.820. The third-order valence-corrected chi connectivity index (χ3v) is 3.16. The molecule has 1 nitrogen and oxygen atoms in total. The number of nitrogens with zero attached hydrogens (tertiary/aromatic N) is 1. The summed E-state index contributed by atoms with van der Waals surface area (Å²) in [6, 6.07) is 10.8. The summed E-state index contributed by atoms with van der Waals surface area (Å²) in [5, 5.41) is 0. The minimum atomic E-state index is 1.24. The molecule has 0 aliphatic carbocycles. The van der Waals surface area contributed by atoms with Crippen molar-refractivity contribution in [2.45, 2.75) is 44.9 Å². The highest BCUT2D eigenvalue weighted by Gasteiger charge is 1.94. The van der Waals surface area contributed by atoms with Gasteiger partial charge in [-0.15, -0.1) is 0 Å². The average molecular weight is 233 g/mol. The van der Waals surface area contributed by atoms with E-state index in [1.54, 1.807) is 0 Å². The SMILES string of the molecule is CN(C)CCCCCCCCc1ccccc1. The Bertz CT molecular complexity index is 266. The fourth-order valence-corrected chi connectivity index (χ4v) is 2.11. The fourth-order valence-electron chi connectivity index (χ4n) is 2.11. The minimum Gasteiger partial charge on any atom is -0.309 e. The Kier molecular flexibility index (Phi) is 7.74. The van der Waals surface area contributed by atoms with Gasteiger partial charge in [0.2, 0.25) is 0 Å². The first-order chi connectivity index (χ1) is 8.29. The average Bonchev–Trinajstić information content (AvgIpc) is 2.33. The molecule has 0 saturated carbocycles. The number of aryl methyl sites for hydroxylation is 1. The summed E-state index contributed by atoms with van der Waals surface area (Å²) in [6.07, 6.45) is 9.53. The van der Waals surface area contributed by atoms with E-state index in [1.165, 1.54) is 57.1 Å². The molecule has 0 spiro atoms. The van der Waals surface area contributed by atoms with Crippen molar-refractivity contribution in [3.63, 3.8) is 0 Å². The second-order valence-electron chi connectivity index (χ2n) is 5.16. The summed E-state index contributed by atoms with van der Waals surface area (Å²) >= 11 is 0. The van der Waals surface area contributed by atoms with Crippen LogP contribution < -0.4 is 0 Å². The number of hydrogen-bond acceptors (Lipinski definition) is 1. The van der Waals surface area contributed by atoms with E-state index in [0.717, 1.165) is 0 Å². The Labute approximate surface area is 107 Å². The van der Waals surface area contributed by atoms with Gasteiger partial charge in [-0.2, -0.15) is 0 Å². The lowest BCUT2D eigenvalue weighted by Gasteiger charge is -2.08. The summed E-state index contributed by atoms with van der Waals surface area (Å²) in [7, 11) is 4.31. The monoisotopic (exact) mass is 233 g/mol. The summed E-state index contributed by atoms with van der Waals surface area (Å²) in [6.45, 7) is 1.24. The molecule has 1 rings (SSSR count). The standard InChI is InChI=1S/C16H27N/c1-17(2)15-11-6-4-3-5-8-12-16-13-9-7-10-14-16/h7,9-10,13-14H,3-6,8,11-12,15H2,1-2H3. The van der Waals surface area contributed by atoms with Crippen LogP contribution in [0, 0.1) is 0 Å². The molecule has 0 atom stereocenters. The van der Waals surface area contributed by atoms with Gasteiger partial charge in [-0.3, -0.25) is 0 Å². The van der Waals surface area contributed by atoms with Gasteiger partial charge < -0.3 is 4.90 Å². The first-order valence-electron chi connectivity index (χ1n) is 6.97. The van der Waals surface area contributed by atoms with E-state index in [0.29, 0.717) is 0 Å². The minimum absolute atomic E-state index is 1.24. The molecule has 0 radical (unpaired) electrons. The van der Waals surface area contributed by atoms with Crippen molar-refractivity contribution in [3.05, 3.63) is 35.9 Å². The molecule has 0 unspecified atom stereocenters. The zero-order valence-electron chi connectivity index (χ0n) is 11.5. The highest BCUT2D eigenvalue weighted by molar-refractivity contribution is 5.14. The number of hydrogen-bond donors (Lipinski definition) is 0. The van der Waals surface area contributed by atoms with Crippen LogP contribution in [-0.2, 0) is 6.42 Å². The van der Waals surface area contributed by atoms with Crippen molar-refractivity contribution >= 4 is 0 Å². The second kappa shape index (κ2) is 9.23. The number of unbranched alkanes of at least 4 members (excludes halogenated alkanes) is 5. The lowest BCUT2D eigenvalue weighted by Crippen LogP contribution is -2.12. The lowest BCUT2D eigenvalue weighted by molar-refractivity contribution is 0.389. The molecule has 17 heavy (non-hydrogen) atoms. The van der Waals surface area contributed by atoms with Crippen LogP contribution in [0.3, 0.4) is 0 Å². The molecular weight excluding hydrogens is 206 g/mol. The van der Waals surface area contributed by atoms with Gasteiger partial charge in [0, 0.05) is 0 Å². The van der Waals surface area contributed by atoms with Crippen molar-refractivity contribution in [1.82, 2.24) is 4.90 Å². The van der Waals surface area contributed by atoms with Crippen LogP contribution in [0.15, 0.2) is 30.3 Å². The maximum atomic E-state index is 2.27. The van der Waals surface area contributed by atoms with Gasteiger partial charge in [0.1, 0.15) is 0 Å². The van der Waals surface area contributed by atoms with Gasteiger partial charge in [0.15, 0.2) is 0 Å². The predicted octanol–water partition coefficient (Wildman–Crippen LogP) is 4.13. The molecule has 0 heterocycles. The van der Waals surface area contributed by atoms with Crippen LogP contribution in [0.1, 0.15) is 44.1 Å². The van der Waals surface area contributed by atoms with Gasteiger partial charge >= 0.3 is 0 Å². The molecule has 0 aliphatic rings. The molecule has 0 aromatic heterocycles. The van der Waals surface area contributed by atoms with E-state index in [4.69, 9.17) is 0 Å². The second-order valence-corrected chi connectivity index (χ2v) is 5.16. The van der Waals surface area contributed by atoms with Gasteiger partial charge in [-0.05, 0) is 45.5 Å². The maximum absolute atomic E-state index is 2.27. The molecule has 0 fully saturated rings. The van der Waals surface area contributed by atoms with Crippen LogP contribution in [0.4, 0.5) is 0 Å². The first-order valence-corrected chi connectivity index (χ1v) is 6.97. The van der Waals surface area contributed by atoms with E-state index < -0.39 is 0 Å². The van der Waals surface area contributed by atoms with Crippen molar-refractivity contribution in [2.75, 3.05) is 20.6 Å². The van der Waals surface area contributed by atoms with Crippen LogP contribution in [0.2, 0.25) is 0 Å². The molecule has 0 aliphatic heterocycles. The summed E-state index contributed by atoms with van der Waals surface area (Å²) in [5.74, 6) is 0. The normalized spacial score (nSPS) is 11.0. The Balaban J connectivity index is 1.88. The van der Waals surface area contributed by atoms with Crippen LogP contribution in [0.25, 0.3) is 0 Å². The number of rotatable bonds is 9. The van der Waals surface area contributed by atoms with Gasteiger partial charge in [0.05, 0.1) is 0 Å². The molecule has 96 valence electrons. The molecule has 0 N–H and O–H groups in total. The van der Waals surface area contributed by atoms with Crippen LogP contribution >= 0.6 is 0 Å². The Morgan fingerprint density at radius 1 is 0.765 bits per heavy atom. The van der Waals surface area contributed by atoms with Crippen molar-refractivity contribution < 1.29 is 0 Å². The van der Waals surface area contributed by atoms with E-state index >= 15 is 0 Å². The molecule has 0 saturated heterocycles. The van der Waals surface area contributed by atoms with Crippen molar-refractivity contribution in [1.29, 1.82) is 0 Å². The van der Waals surface area contributed by atoms with Gasteiger partial charge in [-0.1, -0.05) is 56.0 Å². The molecule has 0 bridgehead atoms. The van der Waals surface area contributed by atoms with Crippen molar-refractivity contribution in [3.8, 4) is 0 Å². The predicted molar refractivity (Wildman–Crippen MR) is 76.4 cm³/mol. The summed E-state index contributed by atoms with van der Waals surface area (Å²) in [5.41, 5.74) is 1.49. The zero-order valence-corrected chi connectivity index (χ0v) is 11.5. The van der Waals surface area contributed by atoms with E-state index in [-0.39, 0.29) is 0 Å². The Morgan fingerprint density at radius 3 is 2.00 bits per heavy atom. The maximum Gasteiger partial charge on any atom is -0.00248 e. The van der Waals surface area contributed by atoms with Gasteiger partial charge in [0.25, 0.3) is 0 Å². The van der Waals surface area contributed by atoms with Crippen molar-refractivity contribution in [2.24, 2.45) is 0 Å². The fraction of sp³-hybridized carbons (Fsp3) is 0.625. The highest BCUT2D eigenvalue weighted by Crippen LogP contribution is 2.09. The topological polar surface area (TPSA) is 3.24 Å². The largest absolute Gasteiger partial charge is 0.309 e. The molecule has 1 aromatic carbocycles. The van der Waals surface area contributed by atoms with Crippen LogP contribution in [-0.4, -0.2) is 25.5 Å². The third kappa shape index (κ3) is 7.98. The van der Waals surface area contributed by atoms with Gasteiger partial charge in [-0.25, -0.2) is 0 Å². The Morgan fingerprint density at radius 2 is 1.35 bits per heavy atom. The van der Waals surface area contributed by atoms with E-state index in [1.807, 2.05) is 0 Å². The highest BCUT2D eigenvalue weighted by atomic mass is 15.0. The van der Waals surface area contributed by atoms with Crippen LogP contribution in [0.5, 0.6) is 0 Å². The number of benzene rings is 1. The molecular formula is C16H27N. The summed E-state index contributed by atoms with van der Waals surface area (Å²) < 4.78 is 0. The molecule has 1 aromatic rings.